The van der Waals surface area contributed by atoms with E-state index in [0.717, 1.165) is 34.3 Å². The van der Waals surface area contributed by atoms with Crippen LogP contribution in [0.4, 0.5) is 0 Å². The van der Waals surface area contributed by atoms with Crippen molar-refractivity contribution in [2.45, 2.75) is 43.0 Å². The smallest absolute Gasteiger partial charge is 0.267 e. The second-order valence-electron chi connectivity index (χ2n) is 6.96. The van der Waals surface area contributed by atoms with Crippen LogP contribution in [0.5, 0.6) is 0 Å². The molecule has 0 bridgehead atoms. The highest BCUT2D eigenvalue weighted by atomic mass is 32.2. The van der Waals surface area contributed by atoms with Crippen LogP contribution in [0.1, 0.15) is 48.2 Å². The van der Waals surface area contributed by atoms with E-state index in [0.29, 0.717) is 22.8 Å². The summed E-state index contributed by atoms with van der Waals surface area (Å²) in [7, 11) is 0. The van der Waals surface area contributed by atoms with E-state index in [-0.39, 0.29) is 10.8 Å². The minimum absolute atomic E-state index is 0.00393. The van der Waals surface area contributed by atoms with E-state index in [1.54, 1.807) is 22.8 Å². The van der Waals surface area contributed by atoms with Crippen molar-refractivity contribution >= 4 is 33.3 Å². The maximum Gasteiger partial charge on any atom is 0.267 e. The fourth-order valence-electron chi connectivity index (χ4n) is 3.26. The molecule has 8 heteroatoms. The van der Waals surface area contributed by atoms with Gasteiger partial charge in [0.1, 0.15) is 4.83 Å². The summed E-state index contributed by atoms with van der Waals surface area (Å²) in [4.78, 5) is 23.5. The summed E-state index contributed by atoms with van der Waals surface area (Å²) in [5.41, 5.74) is 1.96. The van der Waals surface area contributed by atoms with Gasteiger partial charge in [0.25, 0.3) is 5.56 Å². The summed E-state index contributed by atoms with van der Waals surface area (Å²) in [5.74, 6) is 1.63. The van der Waals surface area contributed by atoms with Crippen molar-refractivity contribution in [2.75, 3.05) is 0 Å². The number of fused-ring (bicyclic) bond motifs is 1. The number of aryl methyl sites for hydroxylation is 1. The molecule has 28 heavy (non-hydrogen) atoms. The molecule has 0 N–H and O–H groups in total. The van der Waals surface area contributed by atoms with Gasteiger partial charge in [-0.2, -0.15) is 4.98 Å². The van der Waals surface area contributed by atoms with Crippen LogP contribution in [0.15, 0.2) is 50.2 Å². The van der Waals surface area contributed by atoms with E-state index in [1.807, 2.05) is 37.3 Å². The van der Waals surface area contributed by atoms with Crippen LogP contribution in [0.3, 0.4) is 0 Å². The number of benzene rings is 1. The van der Waals surface area contributed by atoms with Gasteiger partial charge in [0.15, 0.2) is 11.0 Å². The Balaban J connectivity index is 1.68. The summed E-state index contributed by atoms with van der Waals surface area (Å²) in [5, 5.41) is 7.25. The van der Waals surface area contributed by atoms with Crippen molar-refractivity contribution in [2.24, 2.45) is 0 Å². The summed E-state index contributed by atoms with van der Waals surface area (Å²) < 4.78 is 7.02. The molecule has 1 aromatic carbocycles. The quantitative estimate of drug-likeness (QED) is 0.345. The molecular weight excluding hydrogens is 392 g/mol. The van der Waals surface area contributed by atoms with E-state index in [1.165, 1.54) is 11.8 Å². The Bertz CT molecular complexity index is 1210. The summed E-state index contributed by atoms with van der Waals surface area (Å²) in [6, 6.07) is 9.67. The Labute approximate surface area is 169 Å². The van der Waals surface area contributed by atoms with E-state index in [4.69, 9.17) is 9.51 Å². The zero-order valence-electron chi connectivity index (χ0n) is 15.5. The molecule has 1 aliphatic carbocycles. The number of thiophene rings is 1. The van der Waals surface area contributed by atoms with E-state index < -0.39 is 0 Å². The fourth-order valence-corrected chi connectivity index (χ4v) is 5.28. The number of aromatic nitrogens is 4. The van der Waals surface area contributed by atoms with Gasteiger partial charge in [-0.1, -0.05) is 35.1 Å². The molecule has 5 rings (SSSR count). The van der Waals surface area contributed by atoms with Gasteiger partial charge >= 0.3 is 0 Å². The van der Waals surface area contributed by atoms with Gasteiger partial charge in [-0.15, -0.1) is 11.3 Å². The molecular formula is C20H18N4O2S2. The summed E-state index contributed by atoms with van der Waals surface area (Å²) in [6.45, 7) is 3.77. The third kappa shape index (κ3) is 3.06. The Morgan fingerprint density at radius 2 is 2.04 bits per heavy atom. The molecule has 0 amide bonds. The average molecular weight is 411 g/mol. The fraction of sp³-hybridized carbons (Fsp3) is 0.300. The molecule has 0 saturated heterocycles. The first kappa shape index (κ1) is 17.6. The minimum atomic E-state index is -0.122. The zero-order valence-corrected chi connectivity index (χ0v) is 17.1. The first-order chi connectivity index (χ1) is 13.6. The molecule has 4 aromatic rings. The number of hydrogen-bond donors (Lipinski definition) is 0. The lowest BCUT2D eigenvalue weighted by Crippen LogP contribution is -2.22. The Kier molecular flexibility index (Phi) is 4.32. The number of rotatable bonds is 5. The highest BCUT2D eigenvalue weighted by Crippen LogP contribution is 2.44. The van der Waals surface area contributed by atoms with Crippen LogP contribution in [0.25, 0.3) is 15.9 Å². The zero-order chi connectivity index (χ0) is 19.3. The van der Waals surface area contributed by atoms with Crippen LogP contribution in [0, 0.1) is 6.92 Å². The van der Waals surface area contributed by atoms with Crippen molar-refractivity contribution in [3.63, 3.8) is 0 Å². The van der Waals surface area contributed by atoms with E-state index in [2.05, 4.69) is 15.5 Å². The minimum Gasteiger partial charge on any atom is -0.338 e. The lowest BCUT2D eigenvalue weighted by atomic mass is 10.1. The molecule has 1 saturated carbocycles. The SMILES string of the molecule is Cc1noc(C(C)Sc2nc3scc(C4CC4)c3c(=O)n2-c2ccccc2)n1. The third-order valence-electron chi connectivity index (χ3n) is 4.81. The molecule has 3 heterocycles. The molecule has 0 spiro atoms. The summed E-state index contributed by atoms with van der Waals surface area (Å²) in [6.07, 6.45) is 2.31. The van der Waals surface area contributed by atoms with Gasteiger partial charge in [-0.3, -0.25) is 9.36 Å². The van der Waals surface area contributed by atoms with Crippen LogP contribution in [-0.4, -0.2) is 19.7 Å². The predicted octanol–water partition coefficient (Wildman–Crippen LogP) is 4.87. The standard InChI is InChI=1S/C20H18N4O2S2/c1-11(17-21-12(2)23-26-17)28-20-22-18-16(15(10-27-18)13-8-9-13)19(25)24(20)14-6-4-3-5-7-14/h3-7,10-11,13H,8-9H2,1-2H3. The molecule has 6 nitrogen and oxygen atoms in total. The Hall–Kier alpha value is -2.45. The van der Waals surface area contributed by atoms with Gasteiger partial charge in [0.2, 0.25) is 5.89 Å². The predicted molar refractivity (Wildman–Crippen MR) is 110 cm³/mol. The molecule has 1 fully saturated rings. The average Bonchev–Trinajstić information content (AvgIpc) is 3.30. The topological polar surface area (TPSA) is 73.8 Å². The number of thioether (sulfide) groups is 1. The maximum atomic E-state index is 13.6. The van der Waals surface area contributed by atoms with Crippen LogP contribution < -0.4 is 5.56 Å². The van der Waals surface area contributed by atoms with Crippen molar-refractivity contribution < 1.29 is 4.52 Å². The first-order valence-electron chi connectivity index (χ1n) is 9.18. The van der Waals surface area contributed by atoms with Crippen molar-refractivity contribution in [1.29, 1.82) is 0 Å². The van der Waals surface area contributed by atoms with Crippen LogP contribution in [-0.2, 0) is 0 Å². The Morgan fingerprint density at radius 1 is 1.25 bits per heavy atom. The first-order valence-corrected chi connectivity index (χ1v) is 10.9. The molecule has 3 aromatic heterocycles. The van der Waals surface area contributed by atoms with Gasteiger partial charge in [0.05, 0.1) is 16.3 Å². The van der Waals surface area contributed by atoms with E-state index in [9.17, 15) is 4.79 Å². The van der Waals surface area contributed by atoms with Gasteiger partial charge in [0, 0.05) is 0 Å². The molecule has 0 radical (unpaired) electrons. The second kappa shape index (κ2) is 6.86. The molecule has 1 aliphatic rings. The lowest BCUT2D eigenvalue weighted by molar-refractivity contribution is 0.376. The molecule has 1 atom stereocenters. The van der Waals surface area contributed by atoms with Crippen molar-refractivity contribution in [1.82, 2.24) is 19.7 Å². The van der Waals surface area contributed by atoms with Crippen molar-refractivity contribution in [3.8, 4) is 5.69 Å². The number of nitrogens with zero attached hydrogens (tertiary/aromatic N) is 4. The van der Waals surface area contributed by atoms with Gasteiger partial charge < -0.3 is 4.52 Å². The normalized spacial score (nSPS) is 15.2. The lowest BCUT2D eigenvalue weighted by Gasteiger charge is -2.14. The Morgan fingerprint density at radius 3 is 2.71 bits per heavy atom. The van der Waals surface area contributed by atoms with Crippen molar-refractivity contribution in [3.05, 3.63) is 63.3 Å². The maximum absolute atomic E-state index is 13.6. The van der Waals surface area contributed by atoms with Gasteiger partial charge in [-0.25, -0.2) is 4.98 Å². The van der Waals surface area contributed by atoms with E-state index >= 15 is 0 Å². The van der Waals surface area contributed by atoms with Crippen LogP contribution in [0.2, 0.25) is 0 Å². The monoisotopic (exact) mass is 410 g/mol. The highest BCUT2D eigenvalue weighted by molar-refractivity contribution is 7.99. The largest absolute Gasteiger partial charge is 0.338 e. The summed E-state index contributed by atoms with van der Waals surface area (Å²) >= 11 is 3.01. The number of hydrogen-bond acceptors (Lipinski definition) is 7. The molecule has 0 aliphatic heterocycles. The van der Waals surface area contributed by atoms with Gasteiger partial charge in [-0.05, 0) is 55.7 Å². The number of para-hydroxylation sites is 1. The molecule has 1 unspecified atom stereocenters. The highest BCUT2D eigenvalue weighted by Gasteiger charge is 2.29. The molecule has 142 valence electrons. The van der Waals surface area contributed by atoms with Crippen LogP contribution >= 0.6 is 23.1 Å². The second-order valence-corrected chi connectivity index (χ2v) is 9.12. The third-order valence-corrected chi connectivity index (χ3v) is 6.74.